The fourth-order valence-corrected chi connectivity index (χ4v) is 5.09. The average Bonchev–Trinajstić information content (AvgIpc) is 3.33. The molecule has 4 rings (SSSR count). The molecule has 0 aromatic heterocycles. The van der Waals surface area contributed by atoms with Crippen molar-refractivity contribution in [3.63, 3.8) is 0 Å². The zero-order chi connectivity index (χ0) is 19.7. The van der Waals surface area contributed by atoms with Crippen molar-refractivity contribution < 1.29 is 14.3 Å². The summed E-state index contributed by atoms with van der Waals surface area (Å²) in [5, 5.41) is 0. The van der Waals surface area contributed by atoms with Crippen molar-refractivity contribution in [2.24, 2.45) is 5.92 Å². The molecule has 5 heteroatoms. The number of carbonyl (C=O) groups excluding carboxylic acids is 2. The van der Waals surface area contributed by atoms with Gasteiger partial charge in [0.15, 0.2) is 0 Å². The van der Waals surface area contributed by atoms with E-state index in [1.54, 1.807) is 0 Å². The predicted octanol–water partition coefficient (Wildman–Crippen LogP) is 3.36. The predicted molar refractivity (Wildman–Crippen MR) is 108 cm³/mol. The first kappa shape index (κ1) is 19.4. The van der Waals surface area contributed by atoms with E-state index < -0.39 is 5.60 Å². The first-order valence-corrected chi connectivity index (χ1v) is 10.9. The highest BCUT2D eigenvalue weighted by Crippen LogP contribution is 2.48. The monoisotopic (exact) mass is 384 g/mol. The van der Waals surface area contributed by atoms with E-state index in [2.05, 4.69) is 24.0 Å². The van der Waals surface area contributed by atoms with Gasteiger partial charge < -0.3 is 14.5 Å². The van der Waals surface area contributed by atoms with E-state index in [1.165, 1.54) is 25.9 Å². The first-order valence-electron chi connectivity index (χ1n) is 10.9. The van der Waals surface area contributed by atoms with Crippen molar-refractivity contribution in [3.05, 3.63) is 34.9 Å². The quantitative estimate of drug-likeness (QED) is 0.731. The topological polar surface area (TPSA) is 49.9 Å². The van der Waals surface area contributed by atoms with Gasteiger partial charge in [0, 0.05) is 31.6 Å². The highest BCUT2D eigenvalue weighted by atomic mass is 16.6. The van der Waals surface area contributed by atoms with E-state index in [-0.39, 0.29) is 17.8 Å². The molecule has 1 spiro atoms. The number of ether oxygens (including phenoxy) is 1. The molecule has 2 aliphatic heterocycles. The standard InChI is InChI=1S/C23H32N2O3/c1-3-17-6-7-20-19(16-17)22(27)28-23(20)10-8-18(9-11-23)21(26)24(2)14-15-25-12-4-5-13-25/h6-7,16,18H,3-5,8-15H2,1-2H3. The summed E-state index contributed by atoms with van der Waals surface area (Å²) in [5.74, 6) is 0.101. The molecular formula is C23H32N2O3. The Labute approximate surface area is 168 Å². The van der Waals surface area contributed by atoms with Gasteiger partial charge in [0.05, 0.1) is 5.56 Å². The molecule has 0 radical (unpaired) electrons. The van der Waals surface area contributed by atoms with Gasteiger partial charge >= 0.3 is 5.97 Å². The van der Waals surface area contributed by atoms with Crippen LogP contribution in [0.3, 0.4) is 0 Å². The van der Waals surface area contributed by atoms with Crippen molar-refractivity contribution >= 4 is 11.9 Å². The van der Waals surface area contributed by atoms with Crippen LogP contribution in [0.25, 0.3) is 0 Å². The molecule has 5 nitrogen and oxygen atoms in total. The minimum atomic E-state index is -0.510. The van der Waals surface area contributed by atoms with Crippen LogP contribution in [-0.2, 0) is 21.6 Å². The molecule has 1 saturated carbocycles. The number of aryl methyl sites for hydroxylation is 1. The van der Waals surface area contributed by atoms with E-state index in [0.717, 1.165) is 61.9 Å². The fourth-order valence-electron chi connectivity index (χ4n) is 5.09. The summed E-state index contributed by atoms with van der Waals surface area (Å²) in [5.41, 5.74) is 2.41. The van der Waals surface area contributed by atoms with Crippen molar-refractivity contribution in [2.75, 3.05) is 33.2 Å². The van der Waals surface area contributed by atoms with Crippen molar-refractivity contribution in [1.29, 1.82) is 0 Å². The smallest absolute Gasteiger partial charge is 0.339 e. The number of nitrogens with zero attached hydrogens (tertiary/aromatic N) is 2. The fraction of sp³-hybridized carbons (Fsp3) is 0.652. The third-order valence-corrected chi connectivity index (χ3v) is 6.96. The van der Waals surface area contributed by atoms with Crippen LogP contribution in [0.5, 0.6) is 0 Å². The highest BCUT2D eigenvalue weighted by molar-refractivity contribution is 5.95. The third-order valence-electron chi connectivity index (χ3n) is 6.96. The summed E-state index contributed by atoms with van der Waals surface area (Å²) in [4.78, 5) is 29.7. The van der Waals surface area contributed by atoms with Gasteiger partial charge in [-0.05, 0) is 69.7 Å². The summed E-state index contributed by atoms with van der Waals surface area (Å²) < 4.78 is 5.89. The van der Waals surface area contributed by atoms with Gasteiger partial charge in [-0.3, -0.25) is 4.79 Å². The molecule has 0 atom stereocenters. The SMILES string of the molecule is CCc1ccc2c(c1)C(=O)OC21CCC(C(=O)N(C)CCN2CCCC2)CC1. The Kier molecular flexibility index (Phi) is 5.46. The molecule has 152 valence electrons. The molecule has 1 saturated heterocycles. The molecule has 2 heterocycles. The lowest BCUT2D eigenvalue weighted by atomic mass is 9.74. The summed E-state index contributed by atoms with van der Waals surface area (Å²) in [6, 6.07) is 6.16. The lowest BCUT2D eigenvalue weighted by molar-refractivity contribution is -0.137. The summed E-state index contributed by atoms with van der Waals surface area (Å²) in [6.45, 7) is 6.20. The van der Waals surface area contributed by atoms with Gasteiger partial charge in [-0.25, -0.2) is 4.79 Å². The van der Waals surface area contributed by atoms with Crippen LogP contribution in [-0.4, -0.2) is 54.9 Å². The highest BCUT2D eigenvalue weighted by Gasteiger charge is 2.48. The number of amides is 1. The number of benzene rings is 1. The Hall–Kier alpha value is -1.88. The molecule has 2 fully saturated rings. The number of carbonyl (C=O) groups is 2. The van der Waals surface area contributed by atoms with E-state index in [9.17, 15) is 9.59 Å². The third kappa shape index (κ3) is 3.57. The van der Waals surface area contributed by atoms with Gasteiger partial charge in [0.1, 0.15) is 5.60 Å². The van der Waals surface area contributed by atoms with Crippen LogP contribution in [0.4, 0.5) is 0 Å². The zero-order valence-electron chi connectivity index (χ0n) is 17.2. The van der Waals surface area contributed by atoms with Crippen LogP contribution < -0.4 is 0 Å². The van der Waals surface area contributed by atoms with Crippen LogP contribution >= 0.6 is 0 Å². The molecular weight excluding hydrogens is 352 g/mol. The van der Waals surface area contributed by atoms with Gasteiger partial charge in [0.25, 0.3) is 0 Å². The van der Waals surface area contributed by atoms with Gasteiger partial charge in [0.2, 0.25) is 5.91 Å². The minimum absolute atomic E-state index is 0.0480. The Bertz CT molecular complexity index is 746. The second-order valence-electron chi connectivity index (χ2n) is 8.70. The second-order valence-corrected chi connectivity index (χ2v) is 8.70. The molecule has 28 heavy (non-hydrogen) atoms. The molecule has 1 aliphatic carbocycles. The lowest BCUT2D eigenvalue weighted by Crippen LogP contribution is -2.41. The van der Waals surface area contributed by atoms with E-state index in [4.69, 9.17) is 4.74 Å². The van der Waals surface area contributed by atoms with Crippen LogP contribution in [0, 0.1) is 5.92 Å². The summed E-state index contributed by atoms with van der Waals surface area (Å²) >= 11 is 0. The lowest BCUT2D eigenvalue weighted by Gasteiger charge is -2.37. The minimum Gasteiger partial charge on any atom is -0.451 e. The number of hydrogen-bond acceptors (Lipinski definition) is 4. The molecule has 3 aliphatic rings. The van der Waals surface area contributed by atoms with Crippen molar-refractivity contribution in [3.8, 4) is 0 Å². The van der Waals surface area contributed by atoms with E-state index in [0.29, 0.717) is 0 Å². The van der Waals surface area contributed by atoms with Gasteiger partial charge in [-0.2, -0.15) is 0 Å². The first-order chi connectivity index (χ1) is 13.5. The second kappa shape index (κ2) is 7.86. The van der Waals surface area contributed by atoms with E-state index in [1.807, 2.05) is 18.0 Å². The molecule has 1 amide bonds. The maximum atomic E-state index is 12.9. The van der Waals surface area contributed by atoms with Gasteiger partial charge in [-0.1, -0.05) is 19.1 Å². The van der Waals surface area contributed by atoms with Crippen molar-refractivity contribution in [2.45, 2.75) is 57.5 Å². The van der Waals surface area contributed by atoms with E-state index >= 15 is 0 Å². The Balaban J connectivity index is 1.37. The maximum Gasteiger partial charge on any atom is 0.339 e. The number of likely N-dealkylation sites (N-methyl/N-ethyl adjacent to an activating group) is 1. The van der Waals surface area contributed by atoms with Crippen LogP contribution in [0.2, 0.25) is 0 Å². The van der Waals surface area contributed by atoms with Crippen LogP contribution in [0.15, 0.2) is 18.2 Å². The number of likely N-dealkylation sites (tertiary alicyclic amines) is 1. The molecule has 0 unspecified atom stereocenters. The molecule has 1 aromatic rings. The summed E-state index contributed by atoms with van der Waals surface area (Å²) in [6.07, 6.45) is 6.53. The van der Waals surface area contributed by atoms with Crippen molar-refractivity contribution in [1.82, 2.24) is 9.80 Å². The number of fused-ring (bicyclic) bond motifs is 2. The average molecular weight is 385 g/mol. The largest absolute Gasteiger partial charge is 0.451 e. The molecule has 1 aromatic carbocycles. The van der Waals surface area contributed by atoms with Gasteiger partial charge in [-0.15, -0.1) is 0 Å². The molecule has 0 N–H and O–H groups in total. The normalized spacial score (nSPS) is 27.1. The number of hydrogen-bond donors (Lipinski definition) is 0. The number of esters is 1. The number of rotatable bonds is 5. The Morgan fingerprint density at radius 1 is 1.25 bits per heavy atom. The Morgan fingerprint density at radius 2 is 1.96 bits per heavy atom. The van der Waals surface area contributed by atoms with Crippen LogP contribution in [0.1, 0.15) is 66.9 Å². The maximum absolute atomic E-state index is 12.9. The summed E-state index contributed by atoms with van der Waals surface area (Å²) in [7, 11) is 1.93. The molecule has 0 bridgehead atoms. The Morgan fingerprint density at radius 3 is 2.64 bits per heavy atom. The zero-order valence-corrected chi connectivity index (χ0v) is 17.2.